The summed E-state index contributed by atoms with van der Waals surface area (Å²) < 4.78 is 17.8. The fraction of sp³-hybridized carbons (Fsp3) is 0.250. The van der Waals surface area contributed by atoms with Crippen LogP contribution in [-0.4, -0.2) is 22.7 Å². The van der Waals surface area contributed by atoms with Crippen LogP contribution in [0.1, 0.15) is 43.5 Å². The number of alkyl carbamates (subject to hydrolysis) is 1. The average Bonchev–Trinajstić information content (AvgIpc) is 3.09. The Bertz CT molecular complexity index is 797. The number of amides is 1. The first kappa shape index (κ1) is 20.8. The second-order valence-electron chi connectivity index (χ2n) is 4.85. The second-order valence-corrected chi connectivity index (χ2v) is 4.85. The minimum Gasteiger partial charge on any atom is -0.447 e. The molecular formula is C20H22FN3O2. The van der Waals surface area contributed by atoms with Gasteiger partial charge in [-0.1, -0.05) is 31.8 Å². The molecule has 2 aromatic heterocycles. The van der Waals surface area contributed by atoms with Crippen LogP contribution in [0.3, 0.4) is 0 Å². The average molecular weight is 355 g/mol. The highest BCUT2D eigenvalue weighted by Crippen LogP contribution is 2.17. The Kier molecular flexibility index (Phi) is 9.12. The van der Waals surface area contributed by atoms with E-state index in [0.29, 0.717) is 11.1 Å². The first-order valence-corrected chi connectivity index (χ1v) is 8.20. The SMILES string of the molecule is C=CC.CC.O=C1N[C@H](c2cncc(C#Cc3cncc(F)c3)c2)CO1. The van der Waals surface area contributed by atoms with Crippen molar-refractivity contribution in [3.05, 3.63) is 72.1 Å². The Morgan fingerprint density at radius 2 is 1.77 bits per heavy atom. The zero-order valence-corrected chi connectivity index (χ0v) is 15.1. The van der Waals surface area contributed by atoms with Crippen molar-refractivity contribution in [3.8, 4) is 11.8 Å². The molecule has 0 bridgehead atoms. The van der Waals surface area contributed by atoms with Crippen LogP contribution in [-0.2, 0) is 4.74 Å². The Morgan fingerprint density at radius 3 is 2.31 bits per heavy atom. The summed E-state index contributed by atoms with van der Waals surface area (Å²) in [6.45, 7) is 9.52. The third kappa shape index (κ3) is 6.73. The van der Waals surface area contributed by atoms with Gasteiger partial charge < -0.3 is 10.1 Å². The lowest BCUT2D eigenvalue weighted by atomic mass is 10.1. The van der Waals surface area contributed by atoms with Gasteiger partial charge in [0.25, 0.3) is 0 Å². The van der Waals surface area contributed by atoms with E-state index >= 15 is 0 Å². The van der Waals surface area contributed by atoms with E-state index in [9.17, 15) is 9.18 Å². The standard InChI is InChI=1S/C15H10FN3O2.C3H6.C2H6/c16-13-4-11(6-18-8-13)2-1-10-3-12(7-17-5-10)14-9-21-15(20)19-14;1-3-2;1-2/h3-8,14H,9H2,(H,19,20);3H,1H2,2H3;1-2H3/t14-;;/m0../s1. The third-order valence-corrected chi connectivity index (χ3v) is 2.89. The van der Waals surface area contributed by atoms with Crippen LogP contribution in [0.5, 0.6) is 0 Å². The number of nitrogens with zero attached hydrogens (tertiary/aromatic N) is 2. The van der Waals surface area contributed by atoms with Crippen molar-refractivity contribution in [1.29, 1.82) is 0 Å². The number of ether oxygens (including phenoxy) is 1. The predicted octanol–water partition coefficient (Wildman–Crippen LogP) is 4.01. The molecule has 1 aliphatic heterocycles. The molecule has 3 rings (SSSR count). The number of cyclic esters (lactones) is 1. The number of nitrogens with one attached hydrogen (secondary N) is 1. The third-order valence-electron chi connectivity index (χ3n) is 2.89. The molecule has 3 heterocycles. The van der Waals surface area contributed by atoms with Crippen LogP contribution in [0, 0.1) is 17.7 Å². The van der Waals surface area contributed by atoms with Crippen LogP contribution in [0.15, 0.2) is 49.6 Å². The van der Waals surface area contributed by atoms with Gasteiger partial charge in [-0.15, -0.1) is 6.58 Å². The normalized spacial score (nSPS) is 14.2. The number of allylic oxidation sites excluding steroid dienone is 1. The molecule has 0 radical (unpaired) electrons. The van der Waals surface area contributed by atoms with E-state index in [1.165, 1.54) is 12.3 Å². The van der Waals surface area contributed by atoms with Crippen molar-refractivity contribution in [2.45, 2.75) is 26.8 Å². The number of aromatic nitrogens is 2. The van der Waals surface area contributed by atoms with Crippen molar-refractivity contribution < 1.29 is 13.9 Å². The minimum atomic E-state index is -0.442. The summed E-state index contributed by atoms with van der Waals surface area (Å²) >= 11 is 0. The smallest absolute Gasteiger partial charge is 0.407 e. The molecule has 0 unspecified atom stereocenters. The van der Waals surface area contributed by atoms with Crippen molar-refractivity contribution in [2.75, 3.05) is 6.61 Å². The maximum absolute atomic E-state index is 13.0. The Morgan fingerprint density at radius 1 is 1.19 bits per heavy atom. The fourth-order valence-corrected chi connectivity index (χ4v) is 1.91. The Hall–Kier alpha value is -3.20. The van der Waals surface area contributed by atoms with Crippen molar-refractivity contribution >= 4 is 6.09 Å². The monoisotopic (exact) mass is 355 g/mol. The molecule has 0 aliphatic carbocycles. The molecular weight excluding hydrogens is 333 g/mol. The predicted molar refractivity (Wildman–Crippen MR) is 98.9 cm³/mol. The molecule has 1 aliphatic rings. The number of pyridine rings is 2. The highest BCUT2D eigenvalue weighted by atomic mass is 19.1. The summed E-state index contributed by atoms with van der Waals surface area (Å²) in [6, 6.07) is 2.90. The molecule has 1 amide bonds. The van der Waals surface area contributed by atoms with Gasteiger partial charge in [0.05, 0.1) is 12.2 Å². The van der Waals surface area contributed by atoms with Gasteiger partial charge in [-0.05, 0) is 24.6 Å². The van der Waals surface area contributed by atoms with Gasteiger partial charge in [0, 0.05) is 29.7 Å². The van der Waals surface area contributed by atoms with Gasteiger partial charge in [0.1, 0.15) is 12.4 Å². The molecule has 1 fully saturated rings. The maximum Gasteiger partial charge on any atom is 0.407 e. The summed E-state index contributed by atoms with van der Waals surface area (Å²) in [4.78, 5) is 18.8. The molecule has 5 nitrogen and oxygen atoms in total. The quantitative estimate of drug-likeness (QED) is 0.620. The van der Waals surface area contributed by atoms with Crippen LogP contribution >= 0.6 is 0 Å². The number of halogens is 1. The van der Waals surface area contributed by atoms with Crippen molar-refractivity contribution in [3.63, 3.8) is 0 Å². The number of rotatable bonds is 1. The number of carbonyl (C=O) groups is 1. The molecule has 1 atom stereocenters. The maximum atomic E-state index is 13.0. The van der Waals surface area contributed by atoms with Gasteiger partial charge in [0.15, 0.2) is 0 Å². The Balaban J connectivity index is 0.000000615. The van der Waals surface area contributed by atoms with Gasteiger partial charge in [-0.2, -0.15) is 0 Å². The van der Waals surface area contributed by atoms with E-state index in [2.05, 4.69) is 33.7 Å². The summed E-state index contributed by atoms with van der Waals surface area (Å²) in [5, 5.41) is 2.67. The van der Waals surface area contributed by atoms with E-state index in [1.54, 1.807) is 18.5 Å². The molecule has 26 heavy (non-hydrogen) atoms. The lowest BCUT2D eigenvalue weighted by molar-refractivity contribution is 0.177. The van der Waals surface area contributed by atoms with E-state index in [0.717, 1.165) is 11.8 Å². The van der Waals surface area contributed by atoms with E-state index in [4.69, 9.17) is 4.74 Å². The highest BCUT2D eigenvalue weighted by Gasteiger charge is 2.23. The summed E-state index contributed by atoms with van der Waals surface area (Å²) in [5.41, 5.74) is 1.96. The molecule has 2 aromatic rings. The summed E-state index contributed by atoms with van der Waals surface area (Å²) in [6.07, 6.45) is 7.16. The van der Waals surface area contributed by atoms with Crippen molar-refractivity contribution in [2.24, 2.45) is 0 Å². The van der Waals surface area contributed by atoms with Crippen LogP contribution in [0.25, 0.3) is 0 Å². The zero-order valence-electron chi connectivity index (χ0n) is 15.1. The second kappa shape index (κ2) is 11.4. The van der Waals surface area contributed by atoms with Gasteiger partial charge in [-0.3, -0.25) is 9.97 Å². The Labute approximate surface area is 153 Å². The number of hydrogen-bond acceptors (Lipinski definition) is 4. The number of carbonyl (C=O) groups excluding carboxylic acids is 1. The van der Waals surface area contributed by atoms with Gasteiger partial charge >= 0.3 is 6.09 Å². The molecule has 0 saturated carbocycles. The molecule has 6 heteroatoms. The van der Waals surface area contributed by atoms with Crippen LogP contribution in [0.4, 0.5) is 9.18 Å². The van der Waals surface area contributed by atoms with E-state index in [-0.39, 0.29) is 12.6 Å². The van der Waals surface area contributed by atoms with E-state index < -0.39 is 11.9 Å². The minimum absolute atomic E-state index is 0.220. The zero-order chi connectivity index (χ0) is 19.4. The van der Waals surface area contributed by atoms with Crippen LogP contribution in [0.2, 0.25) is 0 Å². The first-order valence-electron chi connectivity index (χ1n) is 8.20. The van der Waals surface area contributed by atoms with E-state index in [1.807, 2.05) is 26.8 Å². The molecule has 1 saturated heterocycles. The lowest BCUT2D eigenvalue weighted by Crippen LogP contribution is -2.18. The molecule has 0 aromatic carbocycles. The molecule has 1 N–H and O–H groups in total. The molecule has 136 valence electrons. The number of hydrogen-bond donors (Lipinski definition) is 1. The van der Waals surface area contributed by atoms with Gasteiger partial charge in [-0.25, -0.2) is 9.18 Å². The first-order chi connectivity index (χ1) is 12.6. The summed E-state index contributed by atoms with van der Waals surface area (Å²) in [7, 11) is 0. The molecule has 0 spiro atoms. The van der Waals surface area contributed by atoms with Gasteiger partial charge in [0.2, 0.25) is 0 Å². The topological polar surface area (TPSA) is 64.1 Å². The largest absolute Gasteiger partial charge is 0.447 e. The van der Waals surface area contributed by atoms with Crippen molar-refractivity contribution in [1.82, 2.24) is 15.3 Å². The highest BCUT2D eigenvalue weighted by molar-refractivity contribution is 5.70. The fourth-order valence-electron chi connectivity index (χ4n) is 1.91. The lowest BCUT2D eigenvalue weighted by Gasteiger charge is -2.06. The van der Waals surface area contributed by atoms with Crippen LogP contribution < -0.4 is 5.32 Å². The summed E-state index contributed by atoms with van der Waals surface area (Å²) in [5.74, 6) is 5.28.